The van der Waals surface area contributed by atoms with Gasteiger partial charge in [-0.2, -0.15) is 0 Å². The van der Waals surface area contributed by atoms with Crippen molar-refractivity contribution in [1.29, 1.82) is 0 Å². The zero-order valence-electron chi connectivity index (χ0n) is 19.0. The van der Waals surface area contributed by atoms with Gasteiger partial charge in [0.1, 0.15) is 0 Å². The Morgan fingerprint density at radius 3 is 1.38 bits per heavy atom. The number of likely N-dealkylation sites (tertiary alicyclic amines) is 1. The molecule has 1 heteroatoms. The Balaban J connectivity index is 3.57. The predicted octanol–water partition coefficient (Wildman–Crippen LogP) is 7.15. The lowest BCUT2D eigenvalue weighted by molar-refractivity contribution is -0.106. The van der Waals surface area contributed by atoms with E-state index in [1.807, 2.05) is 0 Å². The fraction of sp³-hybridized carbons (Fsp3) is 1.00. The molecule has 0 aromatic carbocycles. The average molecular weight is 338 g/mol. The van der Waals surface area contributed by atoms with Crippen LogP contribution in [0.4, 0.5) is 0 Å². The van der Waals surface area contributed by atoms with Crippen molar-refractivity contribution in [2.75, 3.05) is 0 Å². The van der Waals surface area contributed by atoms with E-state index in [0.717, 1.165) is 5.92 Å². The molecule has 0 spiro atoms. The molecule has 1 saturated heterocycles. The molecular weight excluding hydrogens is 290 g/mol. The van der Waals surface area contributed by atoms with Crippen LogP contribution < -0.4 is 0 Å². The third kappa shape index (κ3) is 5.23. The van der Waals surface area contributed by atoms with Crippen LogP contribution in [0, 0.1) is 22.2 Å². The van der Waals surface area contributed by atoms with Crippen molar-refractivity contribution in [3.05, 3.63) is 0 Å². The normalized spacial score (nSPS) is 29.2. The highest BCUT2D eigenvalue weighted by atomic mass is 15.3. The third-order valence-corrected chi connectivity index (χ3v) is 6.03. The quantitative estimate of drug-likeness (QED) is 0.453. The first-order valence-electron chi connectivity index (χ1n) is 10.3. The van der Waals surface area contributed by atoms with E-state index in [-0.39, 0.29) is 11.0 Å². The molecule has 0 N–H and O–H groups in total. The maximum Gasteiger partial charge on any atom is 0.0185 e. The van der Waals surface area contributed by atoms with Gasteiger partial charge >= 0.3 is 0 Å². The molecule has 3 atom stereocenters. The van der Waals surface area contributed by atoms with Gasteiger partial charge in [0.15, 0.2) is 0 Å². The van der Waals surface area contributed by atoms with E-state index in [4.69, 9.17) is 0 Å². The largest absolute Gasteiger partial charge is 0.291 e. The molecule has 1 nitrogen and oxygen atoms in total. The SMILES string of the molecule is CC(C)(C)C1CCCCC(C(C)(C)C)N(C(C)(C)C)C1C(C)(C)C. The molecule has 1 fully saturated rings. The maximum absolute atomic E-state index is 2.95. The number of hydrogen-bond acceptors (Lipinski definition) is 1. The summed E-state index contributed by atoms with van der Waals surface area (Å²) in [4.78, 5) is 2.95. The molecule has 1 aliphatic rings. The van der Waals surface area contributed by atoms with Gasteiger partial charge < -0.3 is 0 Å². The summed E-state index contributed by atoms with van der Waals surface area (Å²) < 4.78 is 0. The van der Waals surface area contributed by atoms with E-state index < -0.39 is 0 Å². The molecule has 0 amide bonds. The third-order valence-electron chi connectivity index (χ3n) is 6.03. The second-order valence-corrected chi connectivity index (χ2v) is 12.5. The molecule has 0 aromatic rings. The second kappa shape index (κ2) is 6.93. The first kappa shape index (κ1) is 22.0. The summed E-state index contributed by atoms with van der Waals surface area (Å²) >= 11 is 0. The van der Waals surface area contributed by atoms with Crippen molar-refractivity contribution in [3.8, 4) is 0 Å². The van der Waals surface area contributed by atoms with E-state index in [2.05, 4.69) is 88.0 Å². The highest BCUT2D eigenvalue weighted by molar-refractivity contribution is 5.03. The minimum Gasteiger partial charge on any atom is -0.291 e. The molecule has 1 heterocycles. The van der Waals surface area contributed by atoms with E-state index in [9.17, 15) is 0 Å². The molecule has 1 rings (SSSR count). The molecule has 1 aliphatic heterocycles. The molecule has 0 radical (unpaired) electrons. The summed E-state index contributed by atoms with van der Waals surface area (Å²) in [5.74, 6) is 0.738. The molecule has 0 aromatic heterocycles. The van der Waals surface area contributed by atoms with Gasteiger partial charge in [0.2, 0.25) is 0 Å². The smallest absolute Gasteiger partial charge is 0.0185 e. The highest BCUT2D eigenvalue weighted by Crippen LogP contribution is 2.49. The fourth-order valence-electron chi connectivity index (χ4n) is 5.05. The Kier molecular flexibility index (Phi) is 6.36. The van der Waals surface area contributed by atoms with Crippen LogP contribution in [0.1, 0.15) is 109 Å². The Bertz CT molecular complexity index is 354. The van der Waals surface area contributed by atoms with E-state index >= 15 is 0 Å². The van der Waals surface area contributed by atoms with Gasteiger partial charge in [-0.3, -0.25) is 4.90 Å². The van der Waals surface area contributed by atoms with Crippen LogP contribution >= 0.6 is 0 Å². The second-order valence-electron chi connectivity index (χ2n) is 12.5. The molecule has 144 valence electrons. The Morgan fingerprint density at radius 2 is 1.04 bits per heavy atom. The van der Waals surface area contributed by atoms with Crippen LogP contribution in [0.25, 0.3) is 0 Å². The van der Waals surface area contributed by atoms with Gasteiger partial charge in [-0.15, -0.1) is 0 Å². The summed E-state index contributed by atoms with van der Waals surface area (Å²) in [5.41, 5.74) is 1.14. The van der Waals surface area contributed by atoms with Crippen LogP contribution in [0.15, 0.2) is 0 Å². The molecule has 0 saturated carbocycles. The van der Waals surface area contributed by atoms with E-state index in [1.54, 1.807) is 0 Å². The number of nitrogens with zero attached hydrogens (tertiary/aromatic N) is 1. The molecule has 3 unspecified atom stereocenters. The lowest BCUT2D eigenvalue weighted by Gasteiger charge is -2.59. The average Bonchev–Trinajstić information content (AvgIpc) is 2.20. The Morgan fingerprint density at radius 1 is 0.583 bits per heavy atom. The first-order valence-corrected chi connectivity index (χ1v) is 10.3. The molecule has 0 bridgehead atoms. The van der Waals surface area contributed by atoms with Gasteiger partial charge in [0, 0.05) is 17.6 Å². The van der Waals surface area contributed by atoms with Crippen LogP contribution in [0.3, 0.4) is 0 Å². The summed E-state index contributed by atoms with van der Waals surface area (Å²) in [5, 5.41) is 0. The van der Waals surface area contributed by atoms with Crippen LogP contribution in [-0.2, 0) is 0 Å². The van der Waals surface area contributed by atoms with Crippen molar-refractivity contribution < 1.29 is 0 Å². The maximum atomic E-state index is 2.95. The minimum atomic E-state index is 0.191. The zero-order valence-corrected chi connectivity index (χ0v) is 19.0. The van der Waals surface area contributed by atoms with Gasteiger partial charge in [0.05, 0.1) is 0 Å². The van der Waals surface area contributed by atoms with Crippen LogP contribution in [-0.4, -0.2) is 22.5 Å². The number of hydrogen-bond donors (Lipinski definition) is 0. The van der Waals surface area contributed by atoms with Crippen molar-refractivity contribution in [3.63, 3.8) is 0 Å². The van der Waals surface area contributed by atoms with Crippen molar-refractivity contribution in [1.82, 2.24) is 4.90 Å². The van der Waals surface area contributed by atoms with E-state index in [0.29, 0.717) is 22.9 Å². The molecule has 0 aliphatic carbocycles. The van der Waals surface area contributed by atoms with E-state index in [1.165, 1.54) is 25.7 Å². The summed E-state index contributed by atoms with van der Waals surface area (Å²) in [6, 6.07) is 1.26. The predicted molar refractivity (Wildman–Crippen MR) is 109 cm³/mol. The van der Waals surface area contributed by atoms with Crippen molar-refractivity contribution in [2.24, 2.45) is 22.2 Å². The molecule has 24 heavy (non-hydrogen) atoms. The summed E-state index contributed by atoms with van der Waals surface area (Å²) in [6.45, 7) is 29.4. The highest BCUT2D eigenvalue weighted by Gasteiger charge is 2.49. The van der Waals surface area contributed by atoms with Crippen molar-refractivity contribution >= 4 is 0 Å². The van der Waals surface area contributed by atoms with Crippen LogP contribution in [0.2, 0.25) is 0 Å². The fourth-order valence-corrected chi connectivity index (χ4v) is 5.05. The van der Waals surface area contributed by atoms with Gasteiger partial charge in [0.25, 0.3) is 0 Å². The summed E-state index contributed by atoms with van der Waals surface area (Å²) in [6.07, 6.45) is 5.47. The number of rotatable bonds is 0. The lowest BCUT2D eigenvalue weighted by Crippen LogP contribution is -2.64. The van der Waals surface area contributed by atoms with Crippen molar-refractivity contribution in [2.45, 2.75) is 126 Å². The van der Waals surface area contributed by atoms with Crippen LogP contribution in [0.5, 0.6) is 0 Å². The topological polar surface area (TPSA) is 3.24 Å². The molecular formula is C23H47N. The minimum absolute atomic E-state index is 0.191. The monoisotopic (exact) mass is 337 g/mol. The van der Waals surface area contributed by atoms with Gasteiger partial charge in [-0.1, -0.05) is 75.2 Å². The van der Waals surface area contributed by atoms with Gasteiger partial charge in [-0.05, 0) is 55.8 Å². The Labute approximate surface area is 154 Å². The van der Waals surface area contributed by atoms with Gasteiger partial charge in [-0.25, -0.2) is 0 Å². The standard InChI is InChI=1S/C23H47N/c1-20(2,3)17-15-13-14-16-18(21(4,5)6)24(23(10,11)12)19(17)22(7,8)9/h17-19H,13-16H2,1-12H3. The zero-order chi connectivity index (χ0) is 19.1. The first-order chi connectivity index (χ1) is 10.5. The summed E-state index contributed by atoms with van der Waals surface area (Å²) in [7, 11) is 0. The Hall–Kier alpha value is -0.0400. The lowest BCUT2D eigenvalue weighted by atomic mass is 9.62.